The number of ether oxygens (including phenoxy) is 1. The lowest BCUT2D eigenvalue weighted by atomic mass is 10.1. The van der Waals surface area contributed by atoms with Crippen LogP contribution < -0.4 is 10.1 Å². The Morgan fingerprint density at radius 2 is 1.84 bits per heavy atom. The van der Waals surface area contributed by atoms with Crippen molar-refractivity contribution < 1.29 is 14.3 Å². The molecule has 0 saturated carbocycles. The lowest BCUT2D eigenvalue weighted by Crippen LogP contribution is -2.38. The molecular weight excluding hydrogens is 416 g/mol. The Labute approximate surface area is 185 Å². The third-order valence-electron chi connectivity index (χ3n) is 5.21. The maximum Gasteiger partial charge on any atom is 0.253 e. The van der Waals surface area contributed by atoms with E-state index in [4.69, 9.17) is 16.3 Å². The Bertz CT molecular complexity index is 1090. The topological polar surface area (TPSA) is 84.4 Å². The molecule has 3 aromatic rings. The molecule has 0 radical (unpaired) electrons. The maximum absolute atomic E-state index is 12.9. The van der Waals surface area contributed by atoms with E-state index in [1.807, 2.05) is 18.2 Å². The van der Waals surface area contributed by atoms with Crippen LogP contribution in [0, 0.1) is 0 Å². The molecule has 0 bridgehead atoms. The zero-order chi connectivity index (χ0) is 21.8. The molecular formula is C23H21ClN4O3. The van der Waals surface area contributed by atoms with Gasteiger partial charge in [0.25, 0.3) is 11.8 Å². The van der Waals surface area contributed by atoms with Crippen LogP contribution >= 0.6 is 11.6 Å². The number of aromatic nitrogens is 2. The summed E-state index contributed by atoms with van der Waals surface area (Å²) in [5.74, 6) is 0.150. The molecule has 2 aromatic carbocycles. The van der Waals surface area contributed by atoms with Crippen LogP contribution in [0.1, 0.15) is 27.1 Å². The Morgan fingerprint density at radius 1 is 1.06 bits per heavy atom. The van der Waals surface area contributed by atoms with E-state index in [-0.39, 0.29) is 17.9 Å². The van der Waals surface area contributed by atoms with Crippen molar-refractivity contribution in [1.82, 2.24) is 20.4 Å². The minimum absolute atomic E-state index is 0.0677. The quantitative estimate of drug-likeness (QED) is 0.662. The van der Waals surface area contributed by atoms with Gasteiger partial charge in [0.15, 0.2) is 0 Å². The molecule has 1 atom stereocenters. The predicted octanol–water partition coefficient (Wildman–Crippen LogP) is 3.45. The number of likely N-dealkylation sites (tertiary alicyclic amines) is 1. The molecule has 2 amide bonds. The fraction of sp³-hybridized carbons (Fsp3) is 0.217. The van der Waals surface area contributed by atoms with E-state index in [0.29, 0.717) is 47.2 Å². The van der Waals surface area contributed by atoms with Crippen molar-refractivity contribution in [3.05, 3.63) is 76.8 Å². The van der Waals surface area contributed by atoms with Gasteiger partial charge < -0.3 is 15.0 Å². The van der Waals surface area contributed by atoms with Gasteiger partial charge >= 0.3 is 0 Å². The van der Waals surface area contributed by atoms with E-state index in [1.54, 1.807) is 47.4 Å². The summed E-state index contributed by atoms with van der Waals surface area (Å²) in [6, 6.07) is 17.6. The number of nitrogens with one attached hydrogen (secondary N) is 1. The Balaban J connectivity index is 1.37. The number of carbonyl (C=O) groups excluding carboxylic acids is 2. The number of nitrogens with zero attached hydrogens (tertiary/aromatic N) is 3. The largest absolute Gasteiger partial charge is 0.480 e. The molecule has 1 unspecified atom stereocenters. The maximum atomic E-state index is 12.9. The highest BCUT2D eigenvalue weighted by molar-refractivity contribution is 6.33. The lowest BCUT2D eigenvalue weighted by Gasteiger charge is -2.17. The molecule has 4 rings (SSSR count). The van der Waals surface area contributed by atoms with Gasteiger partial charge in [-0.05, 0) is 36.8 Å². The summed E-state index contributed by atoms with van der Waals surface area (Å²) >= 11 is 6.10. The number of carbonyl (C=O) groups is 2. The second kappa shape index (κ2) is 9.14. The van der Waals surface area contributed by atoms with Gasteiger partial charge in [-0.1, -0.05) is 35.9 Å². The Morgan fingerprint density at radius 3 is 2.52 bits per heavy atom. The highest BCUT2D eigenvalue weighted by Crippen LogP contribution is 2.21. The van der Waals surface area contributed by atoms with Crippen molar-refractivity contribution in [3.8, 4) is 17.1 Å². The second-order valence-electron chi connectivity index (χ2n) is 7.23. The summed E-state index contributed by atoms with van der Waals surface area (Å²) in [4.78, 5) is 27.1. The van der Waals surface area contributed by atoms with Gasteiger partial charge in [-0.15, -0.1) is 10.2 Å². The third kappa shape index (κ3) is 4.67. The van der Waals surface area contributed by atoms with Gasteiger partial charge in [0.2, 0.25) is 5.88 Å². The van der Waals surface area contributed by atoms with Gasteiger partial charge in [-0.25, -0.2) is 0 Å². The van der Waals surface area contributed by atoms with E-state index < -0.39 is 0 Å². The first-order valence-electron chi connectivity index (χ1n) is 9.88. The molecule has 158 valence electrons. The van der Waals surface area contributed by atoms with Crippen molar-refractivity contribution in [2.24, 2.45) is 0 Å². The summed E-state index contributed by atoms with van der Waals surface area (Å²) < 4.78 is 5.02. The first-order valence-corrected chi connectivity index (χ1v) is 10.3. The molecule has 8 heteroatoms. The fourth-order valence-electron chi connectivity index (χ4n) is 3.52. The average molecular weight is 437 g/mol. The normalized spacial score (nSPS) is 15.5. The van der Waals surface area contributed by atoms with E-state index in [0.717, 1.165) is 5.56 Å². The summed E-state index contributed by atoms with van der Waals surface area (Å²) in [6.07, 6.45) is 0.696. The van der Waals surface area contributed by atoms with Crippen LogP contribution in [0.25, 0.3) is 11.3 Å². The van der Waals surface area contributed by atoms with Gasteiger partial charge in [0.05, 0.1) is 23.4 Å². The second-order valence-corrected chi connectivity index (χ2v) is 7.64. The van der Waals surface area contributed by atoms with Crippen LogP contribution in [0.15, 0.2) is 60.7 Å². The summed E-state index contributed by atoms with van der Waals surface area (Å²) in [6.45, 7) is 1.04. The molecule has 1 N–H and O–H groups in total. The molecule has 0 spiro atoms. The molecule has 31 heavy (non-hydrogen) atoms. The minimum Gasteiger partial charge on any atom is -0.480 e. The van der Waals surface area contributed by atoms with Gasteiger partial charge in [0.1, 0.15) is 0 Å². The van der Waals surface area contributed by atoms with E-state index in [9.17, 15) is 9.59 Å². The number of hydrogen-bond donors (Lipinski definition) is 1. The summed E-state index contributed by atoms with van der Waals surface area (Å²) in [5, 5.41) is 11.5. The first kappa shape index (κ1) is 20.8. The zero-order valence-corrected chi connectivity index (χ0v) is 17.7. The number of rotatable bonds is 5. The standard InChI is InChI=1S/C23H21ClN4O3/c1-31-21-11-10-20(26-27-21)15-6-8-16(9-7-15)23(30)28-13-12-17(14-28)25-22(29)18-4-2-3-5-19(18)24/h2-11,17H,12-14H2,1H3,(H,25,29). The van der Waals surface area contributed by atoms with E-state index in [1.165, 1.54) is 7.11 Å². The zero-order valence-electron chi connectivity index (χ0n) is 16.9. The monoisotopic (exact) mass is 436 g/mol. The first-order chi connectivity index (χ1) is 15.0. The van der Waals surface area contributed by atoms with Crippen LogP contribution in [-0.4, -0.2) is 53.2 Å². The van der Waals surface area contributed by atoms with Gasteiger partial charge in [-0.2, -0.15) is 0 Å². The molecule has 1 saturated heterocycles. The SMILES string of the molecule is COc1ccc(-c2ccc(C(=O)N3CCC(NC(=O)c4ccccc4Cl)C3)cc2)nn1. The lowest BCUT2D eigenvalue weighted by molar-refractivity contribution is 0.0783. The molecule has 0 aliphatic carbocycles. The fourth-order valence-corrected chi connectivity index (χ4v) is 3.74. The predicted molar refractivity (Wildman–Crippen MR) is 117 cm³/mol. The summed E-state index contributed by atoms with van der Waals surface area (Å²) in [5.41, 5.74) is 2.58. The minimum atomic E-state index is -0.227. The van der Waals surface area contributed by atoms with E-state index in [2.05, 4.69) is 15.5 Å². The van der Waals surface area contributed by atoms with Crippen molar-refractivity contribution >= 4 is 23.4 Å². The van der Waals surface area contributed by atoms with Crippen molar-refractivity contribution in [3.63, 3.8) is 0 Å². The van der Waals surface area contributed by atoms with Gasteiger partial charge in [-0.3, -0.25) is 9.59 Å². The Hall–Kier alpha value is -3.45. The van der Waals surface area contributed by atoms with Crippen LogP contribution in [0.4, 0.5) is 0 Å². The number of methoxy groups -OCH3 is 1. The van der Waals surface area contributed by atoms with Crippen LogP contribution in [0.3, 0.4) is 0 Å². The van der Waals surface area contributed by atoms with Crippen LogP contribution in [0.5, 0.6) is 5.88 Å². The molecule has 2 heterocycles. The average Bonchev–Trinajstić information content (AvgIpc) is 3.27. The van der Waals surface area contributed by atoms with Crippen molar-refractivity contribution in [2.75, 3.05) is 20.2 Å². The van der Waals surface area contributed by atoms with Crippen LogP contribution in [0.2, 0.25) is 5.02 Å². The number of benzene rings is 2. The molecule has 1 aliphatic heterocycles. The van der Waals surface area contributed by atoms with Gasteiger partial charge in [0, 0.05) is 36.3 Å². The highest BCUT2D eigenvalue weighted by atomic mass is 35.5. The van der Waals surface area contributed by atoms with Crippen molar-refractivity contribution in [2.45, 2.75) is 12.5 Å². The molecule has 1 fully saturated rings. The molecule has 7 nitrogen and oxygen atoms in total. The molecule has 1 aromatic heterocycles. The Kier molecular flexibility index (Phi) is 6.13. The number of hydrogen-bond acceptors (Lipinski definition) is 5. The smallest absolute Gasteiger partial charge is 0.253 e. The highest BCUT2D eigenvalue weighted by Gasteiger charge is 2.28. The number of amides is 2. The van der Waals surface area contributed by atoms with E-state index >= 15 is 0 Å². The summed E-state index contributed by atoms with van der Waals surface area (Å²) in [7, 11) is 1.54. The van der Waals surface area contributed by atoms with Crippen LogP contribution in [-0.2, 0) is 0 Å². The van der Waals surface area contributed by atoms with Crippen molar-refractivity contribution in [1.29, 1.82) is 0 Å². The molecule has 1 aliphatic rings. The number of halogens is 1. The third-order valence-corrected chi connectivity index (χ3v) is 5.54.